The van der Waals surface area contributed by atoms with Crippen molar-refractivity contribution < 1.29 is 4.74 Å². The zero-order valence-corrected chi connectivity index (χ0v) is 12.0. The van der Waals surface area contributed by atoms with Crippen LogP contribution in [0.2, 0.25) is 0 Å². The molecule has 0 N–H and O–H groups in total. The lowest BCUT2D eigenvalue weighted by atomic mass is 10.1. The van der Waals surface area contributed by atoms with Crippen molar-refractivity contribution in [3.05, 3.63) is 29.3 Å². The first kappa shape index (κ1) is 13.7. The Kier molecular flexibility index (Phi) is 4.90. The van der Waals surface area contributed by atoms with E-state index in [1.165, 1.54) is 11.1 Å². The van der Waals surface area contributed by atoms with Crippen molar-refractivity contribution in [2.75, 3.05) is 26.7 Å². The molecule has 0 aliphatic carbocycles. The van der Waals surface area contributed by atoms with Gasteiger partial charge in [0.05, 0.1) is 6.61 Å². The largest absolute Gasteiger partial charge is 0.493 e. The molecule has 1 heterocycles. The van der Waals surface area contributed by atoms with Crippen LogP contribution in [-0.4, -0.2) is 37.0 Å². The van der Waals surface area contributed by atoms with E-state index >= 15 is 0 Å². The van der Waals surface area contributed by atoms with E-state index in [-0.39, 0.29) is 5.38 Å². The second-order valence-corrected chi connectivity index (χ2v) is 5.91. The highest BCUT2D eigenvalue weighted by Gasteiger charge is 2.12. The number of ether oxygens (including phenoxy) is 1. The monoisotopic (exact) mass is 267 g/mol. The van der Waals surface area contributed by atoms with Gasteiger partial charge < -0.3 is 9.64 Å². The SMILES string of the molecule is CC(Cl)CCN(C)CCc1ccc2c(c1)CCO2. The Bertz CT molecular complexity index is 392. The molecule has 1 unspecified atom stereocenters. The highest BCUT2D eigenvalue weighted by atomic mass is 35.5. The van der Waals surface area contributed by atoms with Crippen LogP contribution in [0.5, 0.6) is 5.75 Å². The molecule has 2 nitrogen and oxygen atoms in total. The molecular weight excluding hydrogens is 246 g/mol. The first-order valence-electron chi connectivity index (χ1n) is 6.72. The predicted molar refractivity (Wildman–Crippen MR) is 76.8 cm³/mol. The van der Waals surface area contributed by atoms with Crippen LogP contribution in [0.15, 0.2) is 18.2 Å². The van der Waals surface area contributed by atoms with E-state index in [1.54, 1.807) is 0 Å². The Morgan fingerprint density at radius 3 is 3.00 bits per heavy atom. The Morgan fingerprint density at radius 1 is 1.39 bits per heavy atom. The van der Waals surface area contributed by atoms with E-state index in [0.717, 1.165) is 44.7 Å². The fraction of sp³-hybridized carbons (Fsp3) is 0.600. The molecule has 1 aliphatic heterocycles. The zero-order valence-electron chi connectivity index (χ0n) is 11.3. The van der Waals surface area contributed by atoms with Crippen molar-refractivity contribution in [2.45, 2.75) is 31.6 Å². The third kappa shape index (κ3) is 3.89. The molecule has 0 spiro atoms. The normalized spacial score (nSPS) is 15.6. The second kappa shape index (κ2) is 6.44. The van der Waals surface area contributed by atoms with Crippen LogP contribution in [-0.2, 0) is 12.8 Å². The molecule has 1 aliphatic rings. The quantitative estimate of drug-likeness (QED) is 0.735. The number of fused-ring (bicyclic) bond motifs is 1. The summed E-state index contributed by atoms with van der Waals surface area (Å²) in [5, 5.41) is 0.268. The molecule has 1 aromatic rings. The zero-order chi connectivity index (χ0) is 13.0. The molecule has 18 heavy (non-hydrogen) atoms. The molecular formula is C15H22ClNO. The van der Waals surface area contributed by atoms with Crippen LogP contribution < -0.4 is 4.74 Å². The van der Waals surface area contributed by atoms with E-state index in [0.29, 0.717) is 0 Å². The average molecular weight is 268 g/mol. The van der Waals surface area contributed by atoms with Crippen LogP contribution in [0.4, 0.5) is 0 Å². The van der Waals surface area contributed by atoms with E-state index in [9.17, 15) is 0 Å². The van der Waals surface area contributed by atoms with Crippen molar-refractivity contribution in [2.24, 2.45) is 0 Å². The number of benzene rings is 1. The van der Waals surface area contributed by atoms with Crippen LogP contribution in [0, 0.1) is 0 Å². The summed E-state index contributed by atoms with van der Waals surface area (Å²) in [4.78, 5) is 2.35. The van der Waals surface area contributed by atoms with Gasteiger partial charge in [-0.15, -0.1) is 11.6 Å². The number of alkyl halides is 1. The summed E-state index contributed by atoms with van der Waals surface area (Å²) < 4.78 is 5.52. The maximum atomic E-state index is 5.96. The first-order valence-corrected chi connectivity index (χ1v) is 7.16. The number of hydrogen-bond donors (Lipinski definition) is 0. The lowest BCUT2D eigenvalue weighted by Crippen LogP contribution is -2.23. The van der Waals surface area contributed by atoms with Crippen molar-refractivity contribution in [3.63, 3.8) is 0 Å². The van der Waals surface area contributed by atoms with Crippen LogP contribution in [0.3, 0.4) is 0 Å². The smallest absolute Gasteiger partial charge is 0.122 e. The molecule has 1 atom stereocenters. The molecule has 100 valence electrons. The van der Waals surface area contributed by atoms with Gasteiger partial charge in [-0.1, -0.05) is 12.1 Å². The number of halogens is 1. The minimum absolute atomic E-state index is 0.268. The summed E-state index contributed by atoms with van der Waals surface area (Å²) >= 11 is 5.96. The fourth-order valence-corrected chi connectivity index (χ4v) is 2.32. The number of rotatable bonds is 6. The van der Waals surface area contributed by atoms with Gasteiger partial charge in [0.1, 0.15) is 5.75 Å². The van der Waals surface area contributed by atoms with Gasteiger partial charge in [-0.05, 0) is 50.6 Å². The third-order valence-electron chi connectivity index (χ3n) is 3.44. The first-order chi connectivity index (χ1) is 8.65. The summed E-state index contributed by atoms with van der Waals surface area (Å²) in [5.41, 5.74) is 2.77. The Labute approximate surface area is 115 Å². The minimum atomic E-state index is 0.268. The molecule has 0 fully saturated rings. The van der Waals surface area contributed by atoms with E-state index in [1.807, 2.05) is 0 Å². The molecule has 0 saturated carbocycles. The maximum absolute atomic E-state index is 5.96. The summed E-state index contributed by atoms with van der Waals surface area (Å²) in [6.45, 7) is 5.05. The van der Waals surface area contributed by atoms with E-state index in [2.05, 4.69) is 37.1 Å². The van der Waals surface area contributed by atoms with Crippen LogP contribution in [0.25, 0.3) is 0 Å². The van der Waals surface area contributed by atoms with Crippen LogP contribution in [0.1, 0.15) is 24.5 Å². The van der Waals surface area contributed by atoms with Gasteiger partial charge in [-0.25, -0.2) is 0 Å². The average Bonchev–Trinajstić information content (AvgIpc) is 2.81. The number of nitrogens with zero attached hydrogens (tertiary/aromatic N) is 1. The highest BCUT2D eigenvalue weighted by molar-refractivity contribution is 6.20. The molecule has 0 saturated heterocycles. The summed E-state index contributed by atoms with van der Waals surface area (Å²) in [5.74, 6) is 1.07. The van der Waals surface area contributed by atoms with Gasteiger partial charge in [0.15, 0.2) is 0 Å². The van der Waals surface area contributed by atoms with Gasteiger partial charge in [0.2, 0.25) is 0 Å². The highest BCUT2D eigenvalue weighted by Crippen LogP contribution is 2.25. The predicted octanol–water partition coefficient (Wildman–Crippen LogP) is 3.11. The third-order valence-corrected chi connectivity index (χ3v) is 3.66. The maximum Gasteiger partial charge on any atom is 0.122 e. The van der Waals surface area contributed by atoms with E-state index in [4.69, 9.17) is 16.3 Å². The number of likely N-dealkylation sites (N-methyl/N-ethyl adjacent to an activating group) is 1. The van der Waals surface area contributed by atoms with Gasteiger partial charge in [0, 0.05) is 18.3 Å². The van der Waals surface area contributed by atoms with Crippen molar-refractivity contribution in [3.8, 4) is 5.75 Å². The number of hydrogen-bond acceptors (Lipinski definition) is 2. The Balaban J connectivity index is 1.79. The summed E-state index contributed by atoms with van der Waals surface area (Å²) in [7, 11) is 2.16. The molecule has 0 radical (unpaired) electrons. The Morgan fingerprint density at radius 2 is 2.22 bits per heavy atom. The summed E-state index contributed by atoms with van der Waals surface area (Å²) in [6.07, 6.45) is 3.21. The topological polar surface area (TPSA) is 12.5 Å². The Hall–Kier alpha value is -0.730. The van der Waals surface area contributed by atoms with Crippen molar-refractivity contribution >= 4 is 11.6 Å². The van der Waals surface area contributed by atoms with Crippen LogP contribution >= 0.6 is 11.6 Å². The van der Waals surface area contributed by atoms with Gasteiger partial charge in [0.25, 0.3) is 0 Å². The van der Waals surface area contributed by atoms with Gasteiger partial charge in [-0.2, -0.15) is 0 Å². The molecule has 1 aromatic carbocycles. The van der Waals surface area contributed by atoms with Gasteiger partial charge >= 0.3 is 0 Å². The standard InChI is InChI=1S/C15H22ClNO/c1-12(16)5-8-17(2)9-6-13-3-4-15-14(11-13)7-10-18-15/h3-4,11-12H,5-10H2,1-2H3. The molecule has 0 aromatic heterocycles. The fourth-order valence-electron chi connectivity index (χ4n) is 2.23. The molecule has 2 rings (SSSR count). The van der Waals surface area contributed by atoms with Crippen molar-refractivity contribution in [1.82, 2.24) is 4.90 Å². The molecule has 0 amide bonds. The lowest BCUT2D eigenvalue weighted by Gasteiger charge is -2.17. The van der Waals surface area contributed by atoms with Gasteiger partial charge in [-0.3, -0.25) is 0 Å². The molecule has 3 heteroatoms. The minimum Gasteiger partial charge on any atom is -0.493 e. The van der Waals surface area contributed by atoms with Crippen molar-refractivity contribution in [1.29, 1.82) is 0 Å². The van der Waals surface area contributed by atoms with E-state index < -0.39 is 0 Å². The summed E-state index contributed by atoms with van der Waals surface area (Å²) in [6, 6.07) is 6.58. The molecule has 0 bridgehead atoms. The second-order valence-electron chi connectivity index (χ2n) is 5.16. The lowest BCUT2D eigenvalue weighted by molar-refractivity contribution is 0.333.